The van der Waals surface area contributed by atoms with Crippen LogP contribution in [0.25, 0.3) is 55.4 Å². The number of thiol groups is 1. The summed E-state index contributed by atoms with van der Waals surface area (Å²) in [5.74, 6) is 3.12. The van der Waals surface area contributed by atoms with Gasteiger partial charge in [-0.3, -0.25) is 0 Å². The Hall–Kier alpha value is -11.3. The third kappa shape index (κ3) is 27.9. The number of benzene rings is 5. The van der Waals surface area contributed by atoms with Crippen LogP contribution >= 0.6 is 51.3 Å². The Bertz CT molecular complexity index is 5630. The van der Waals surface area contributed by atoms with Crippen LogP contribution in [0.1, 0.15) is 134 Å². The number of pyridine rings is 1. The van der Waals surface area contributed by atoms with Crippen LogP contribution in [-0.4, -0.2) is 170 Å². The molecule has 39 heteroatoms. The number of nitrogens with two attached hydrogens (primary N) is 3. The van der Waals surface area contributed by atoms with E-state index in [-0.39, 0.29) is 53.9 Å². The van der Waals surface area contributed by atoms with Gasteiger partial charge >= 0.3 is 57.8 Å². The van der Waals surface area contributed by atoms with Crippen molar-refractivity contribution in [3.8, 4) is 56.8 Å². The summed E-state index contributed by atoms with van der Waals surface area (Å²) in [7, 11) is 3.73. The zero-order chi connectivity index (χ0) is 91.7. The van der Waals surface area contributed by atoms with Crippen LogP contribution < -0.4 is 40.9 Å². The molecule has 5 aromatic carbocycles. The molecule has 0 bridgehead atoms. The summed E-state index contributed by atoms with van der Waals surface area (Å²) in [6, 6.07) is 36.2. The molecule has 9 N–H and O–H groups in total. The van der Waals surface area contributed by atoms with Gasteiger partial charge in [0.1, 0.15) is 122 Å². The monoisotopic (exact) mass is 1910 g/mol. The van der Waals surface area contributed by atoms with Gasteiger partial charge in [0.25, 0.3) is 0 Å². The molecule has 0 spiro atoms. The van der Waals surface area contributed by atoms with Crippen LogP contribution in [0.5, 0.6) is 34.5 Å². The zero-order valence-electron chi connectivity index (χ0n) is 72.2. The average Bonchev–Trinajstić information content (AvgIpc) is 1.59. The van der Waals surface area contributed by atoms with E-state index in [0.717, 1.165) is 103 Å². The molecule has 658 valence electrons. The number of hydrogen-bond donors (Lipinski definition) is 7. The number of anilines is 3. The van der Waals surface area contributed by atoms with Gasteiger partial charge in [0, 0.05) is 98.1 Å². The van der Waals surface area contributed by atoms with Gasteiger partial charge in [0.05, 0.1) is 38.9 Å². The van der Waals surface area contributed by atoms with E-state index >= 15 is 0 Å². The van der Waals surface area contributed by atoms with Crippen molar-refractivity contribution >= 4 is 143 Å². The number of carbonyl (C=O) groups excluding carboxylic acids is 3. The zero-order valence-corrected chi connectivity index (χ0v) is 75.8. The second kappa shape index (κ2) is 45.1. The van der Waals surface area contributed by atoms with E-state index in [1.54, 1.807) is 82.5 Å². The second-order valence-corrected chi connectivity index (χ2v) is 33.6. The maximum absolute atomic E-state index is 13.5. The number of hydrogen-bond acceptors (Lipinski definition) is 24. The quantitative estimate of drug-likeness (QED) is 0.0185. The molecule has 0 saturated carbocycles. The molecule has 15 rings (SSSR count). The summed E-state index contributed by atoms with van der Waals surface area (Å²) in [6.45, 7) is 24.0. The Labute approximate surface area is 754 Å². The number of fused-ring (bicyclic) bond motifs is 3. The van der Waals surface area contributed by atoms with Crippen LogP contribution in [-0.2, 0) is 14.2 Å². The van der Waals surface area contributed by atoms with Gasteiger partial charge < -0.3 is 93.9 Å². The van der Waals surface area contributed by atoms with Gasteiger partial charge in [0.2, 0.25) is 12.4 Å². The van der Waals surface area contributed by atoms with Crippen molar-refractivity contribution in [2.24, 2.45) is 4.30 Å². The van der Waals surface area contributed by atoms with E-state index in [1.165, 1.54) is 66.9 Å². The van der Waals surface area contributed by atoms with Gasteiger partial charge in [-0.25, -0.2) is 57.5 Å². The van der Waals surface area contributed by atoms with Gasteiger partial charge in [-0.2, -0.15) is 0 Å². The van der Waals surface area contributed by atoms with Gasteiger partial charge in [-0.1, -0.05) is 56.3 Å². The summed E-state index contributed by atoms with van der Waals surface area (Å²) in [4.78, 5) is 69.3. The van der Waals surface area contributed by atoms with Crippen molar-refractivity contribution in [2.45, 2.75) is 156 Å². The number of piperidine rings is 3. The number of ether oxygens (including phenoxy) is 6. The summed E-state index contributed by atoms with van der Waals surface area (Å²) in [6.07, 6.45) is 16.0. The van der Waals surface area contributed by atoms with Crippen molar-refractivity contribution in [3.63, 3.8) is 0 Å². The molecular weight excluding hydrogens is 1810 g/mol. The number of aromatic nitrogens is 10. The molecule has 3 fully saturated rings. The third-order valence-corrected chi connectivity index (χ3v) is 20.2. The molecule has 10 heterocycles. The molecule has 12 aromatic rings. The number of carbonyl (C=O) groups is 3. The molecule has 30 nitrogen and oxygen atoms in total. The molecule has 0 aliphatic carbocycles. The van der Waals surface area contributed by atoms with Crippen LogP contribution in [0.3, 0.4) is 0 Å². The Morgan fingerprint density at radius 2 is 0.920 bits per heavy atom. The van der Waals surface area contributed by atoms with Crippen molar-refractivity contribution in [1.82, 2.24) is 58.3 Å². The summed E-state index contributed by atoms with van der Waals surface area (Å²) >= 11 is 9.26. The molecular formula is C86H102B3BrF3IN17O13S+. The number of nitrogens with zero attached hydrogens (tertiary/aromatic N) is 14. The maximum atomic E-state index is 13.5. The van der Waals surface area contributed by atoms with Crippen molar-refractivity contribution in [2.75, 3.05) is 56.5 Å². The molecule has 7 aromatic heterocycles. The molecule has 125 heavy (non-hydrogen) atoms. The molecule has 3 aliphatic heterocycles. The van der Waals surface area contributed by atoms with Crippen molar-refractivity contribution < 1.29 is 81.9 Å². The normalized spacial score (nSPS) is 15.0. The summed E-state index contributed by atoms with van der Waals surface area (Å²) in [5.41, 5.74) is 22.8. The Balaban J connectivity index is 0.000000190. The summed E-state index contributed by atoms with van der Waals surface area (Å²) < 4.78 is 96.6. The van der Waals surface area contributed by atoms with E-state index < -0.39 is 23.9 Å². The predicted molar refractivity (Wildman–Crippen MR) is 491 cm³/mol. The summed E-state index contributed by atoms with van der Waals surface area (Å²) in [5, 5.41) is 26.0. The molecule has 3 atom stereocenters. The third-order valence-electron chi connectivity index (χ3n) is 18.6. The topological polar surface area (TPSA) is 373 Å². The minimum atomic E-state index is -1.17. The Morgan fingerprint density at radius 3 is 1.32 bits per heavy atom. The molecule has 3 amide bonds. The SMILES string of the molecule is CB(O)O.CC(C)(C)OC(=O)N1CCCC(n2c(Br)c(-c3ccc(Oc4cccc(F)c4)cc3)c3c(N)ncnc32)C1.CC(C)(C)OC(=O)N1CCC[C@@H](n2cc(-c3ccc(Oc4cccc(F)c4)cc3)c3c(N)ncnc32)C1.CC(C)(C)OC(=O)N1CCC[C@@H](n2cc(I)c3c(N)ncnc32)C1.O[B]O[n+]1ccc(Oc2cccc(F)c2)cc1.[2H]CC.[B]=NS. The molecule has 2 radical (unpaired) electrons. The van der Waals surface area contributed by atoms with Crippen LogP contribution in [0.4, 0.5) is 45.0 Å². The number of halogens is 5. The first kappa shape index (κ1) is 96.0. The Kier molecular flexibility index (Phi) is 34.6. The Morgan fingerprint density at radius 1 is 0.568 bits per heavy atom. The van der Waals surface area contributed by atoms with Gasteiger partial charge in [-0.05, 0) is 223 Å². The predicted octanol–water partition coefficient (Wildman–Crippen LogP) is 17.5. The van der Waals surface area contributed by atoms with Gasteiger partial charge in [0.15, 0.2) is 0 Å². The van der Waals surface area contributed by atoms with E-state index in [2.05, 4.69) is 112 Å². The molecule has 3 saturated heterocycles. The fourth-order valence-corrected chi connectivity index (χ4v) is 15.4. The van der Waals surface area contributed by atoms with E-state index in [0.29, 0.717) is 105 Å². The van der Waals surface area contributed by atoms with Crippen molar-refractivity contribution in [1.29, 1.82) is 0 Å². The van der Waals surface area contributed by atoms with Crippen molar-refractivity contribution in [3.05, 3.63) is 203 Å². The van der Waals surface area contributed by atoms with E-state index in [1.807, 2.05) is 123 Å². The number of amides is 3. The van der Waals surface area contributed by atoms with Crippen LogP contribution in [0.2, 0.25) is 6.82 Å². The standard InChI is InChI=1S/C28H29BrFN5O3.C28H30FN5O3.C16H22IN5O2.C11H9BFNO3.C2H6.CH5BO2.BHNS/c1-28(2,3)38-27(36)34-13-5-7-19(15-34)35-24(29)22(23-25(31)32-16-33-26(23)35)17-9-11-20(12-10-17)37-21-8-4-6-18(30)14-21;1-28(2,3)37-27(35)33-13-5-7-20(15-33)34-16-23(24-25(30)31-17-32-26(24)34)18-9-11-21(12-10-18)36-22-8-4-6-19(29)14-22;1-16(2,3)24-15(23)21-6-4-5-10(7-21)22-8-11(17)12-13(18)19-9-20-14(12)22;13-9-2-1-3-11(8-9)16-10-4-6-14(7-5-10)17-12-15;1-2;1-2(3)4;1-2-3/h4,6,8-12,14,16,19H,5,7,13,15H2,1-3H3,(H2,31,32,33);4,6,8-12,14,16-17,20H,5,7,13,15H2,1-3H3,(H2,30,31,32);8-10H,4-7H2,1-3H3,(H2,18,19,20);1-8,15H;1-2H3;3-4H,1H3;3H/q;;;+1;;;/t;20-;10-;;;;/m.11..../s1/i;;;;1D;;. The number of likely N-dealkylation sites (tertiary alicyclic amines) is 3. The second-order valence-electron chi connectivity index (χ2n) is 31.5. The van der Waals surface area contributed by atoms with E-state index in [4.69, 9.17) is 62.1 Å². The number of rotatable bonds is 13. The fourth-order valence-electron chi connectivity index (χ4n) is 13.7. The molecule has 1 unspecified atom stereocenters. The van der Waals surface area contributed by atoms with Crippen LogP contribution in [0.15, 0.2) is 186 Å². The first-order valence-corrected chi connectivity index (χ1v) is 42.1. The average molecular weight is 1910 g/mol. The van der Waals surface area contributed by atoms with Crippen LogP contribution in [0, 0.1) is 21.0 Å². The molecule has 3 aliphatic rings. The fraction of sp³-hybridized carbons (Fsp3) is 0.349. The first-order chi connectivity index (χ1) is 59.9. The van der Waals surface area contributed by atoms with Gasteiger partial charge in [-0.15, -0.1) is 0 Å². The number of nitrogen functional groups attached to an aromatic ring is 3. The van der Waals surface area contributed by atoms with E-state index in [9.17, 15) is 27.6 Å². The first-order valence-electron chi connectivity index (χ1n) is 40.6. The minimum absolute atomic E-state index is 0.0161.